The van der Waals surface area contributed by atoms with Crippen LogP contribution in [0.4, 0.5) is 0 Å². The molecule has 0 radical (unpaired) electrons. The summed E-state index contributed by atoms with van der Waals surface area (Å²) in [7, 11) is 1.68. The first-order chi connectivity index (χ1) is 10.2. The Kier molecular flexibility index (Phi) is 8.31. The van der Waals surface area contributed by atoms with Crippen molar-refractivity contribution in [2.75, 3.05) is 13.7 Å². The third-order valence-corrected chi connectivity index (χ3v) is 3.91. The van der Waals surface area contributed by atoms with Crippen molar-refractivity contribution in [1.29, 1.82) is 0 Å². The first-order valence-electron chi connectivity index (χ1n) is 7.22. The van der Waals surface area contributed by atoms with Crippen LogP contribution in [0.15, 0.2) is 35.7 Å². The van der Waals surface area contributed by atoms with Crippen LogP contribution in [0, 0.1) is 5.92 Å². The Morgan fingerprint density at radius 3 is 2.64 bits per heavy atom. The van der Waals surface area contributed by atoms with Crippen molar-refractivity contribution in [3.05, 3.63) is 46.2 Å². The molecule has 0 spiro atoms. The number of methoxy groups -OCH3 is 1. The van der Waals surface area contributed by atoms with Gasteiger partial charge in [0, 0.05) is 11.4 Å². The van der Waals surface area contributed by atoms with E-state index in [1.165, 1.54) is 10.4 Å². The molecule has 0 fully saturated rings. The maximum atomic E-state index is 5.84. The molecule has 1 aromatic heterocycles. The van der Waals surface area contributed by atoms with Gasteiger partial charge in [0.1, 0.15) is 6.61 Å². The molecule has 5 heteroatoms. The fourth-order valence-electron chi connectivity index (χ4n) is 1.99. The minimum Gasteiger partial charge on any atom is -0.493 e. The molecular formula is C17H24ClNO2S. The van der Waals surface area contributed by atoms with Crippen LogP contribution in [0.2, 0.25) is 0 Å². The summed E-state index contributed by atoms with van der Waals surface area (Å²) in [5.74, 6) is 2.23. The second kappa shape index (κ2) is 9.72. The van der Waals surface area contributed by atoms with Crippen molar-refractivity contribution < 1.29 is 9.47 Å². The van der Waals surface area contributed by atoms with Crippen molar-refractivity contribution in [3.63, 3.8) is 0 Å². The maximum absolute atomic E-state index is 5.84. The molecule has 2 aromatic rings. The van der Waals surface area contributed by atoms with Crippen molar-refractivity contribution >= 4 is 23.7 Å². The van der Waals surface area contributed by atoms with Gasteiger partial charge in [-0.25, -0.2) is 0 Å². The third-order valence-electron chi connectivity index (χ3n) is 3.06. The molecule has 22 heavy (non-hydrogen) atoms. The molecule has 1 N–H and O–H groups in total. The Bertz CT molecular complexity index is 544. The second-order valence-corrected chi connectivity index (χ2v) is 6.41. The van der Waals surface area contributed by atoms with Crippen LogP contribution in [0.3, 0.4) is 0 Å². The highest BCUT2D eigenvalue weighted by Gasteiger charge is 2.07. The lowest BCUT2D eigenvalue weighted by atomic mass is 10.2. The van der Waals surface area contributed by atoms with Gasteiger partial charge in [-0.1, -0.05) is 26.0 Å². The van der Waals surface area contributed by atoms with E-state index in [0.29, 0.717) is 12.5 Å². The molecule has 0 amide bonds. The average Bonchev–Trinajstić information content (AvgIpc) is 2.98. The van der Waals surface area contributed by atoms with E-state index in [1.54, 1.807) is 18.4 Å². The minimum atomic E-state index is 0. The molecule has 1 aromatic carbocycles. The van der Waals surface area contributed by atoms with E-state index >= 15 is 0 Å². The smallest absolute Gasteiger partial charge is 0.161 e. The van der Waals surface area contributed by atoms with Crippen LogP contribution in [0.25, 0.3) is 0 Å². The third kappa shape index (κ3) is 5.87. The van der Waals surface area contributed by atoms with E-state index < -0.39 is 0 Å². The summed E-state index contributed by atoms with van der Waals surface area (Å²) < 4.78 is 11.3. The molecule has 0 aliphatic carbocycles. The topological polar surface area (TPSA) is 30.5 Å². The SMILES string of the molecule is COc1cc(CNCC(C)C)ccc1OCc1cccs1.Cl. The first kappa shape index (κ1) is 18.8. The molecule has 0 aliphatic heterocycles. The van der Waals surface area contributed by atoms with Crippen LogP contribution in [0.1, 0.15) is 24.3 Å². The van der Waals surface area contributed by atoms with E-state index in [0.717, 1.165) is 24.6 Å². The average molecular weight is 342 g/mol. The monoisotopic (exact) mass is 341 g/mol. The molecule has 0 aliphatic rings. The largest absolute Gasteiger partial charge is 0.493 e. The number of benzene rings is 1. The molecule has 122 valence electrons. The second-order valence-electron chi connectivity index (χ2n) is 5.38. The number of ether oxygens (including phenoxy) is 2. The van der Waals surface area contributed by atoms with Gasteiger partial charge in [-0.3, -0.25) is 0 Å². The summed E-state index contributed by atoms with van der Waals surface area (Å²) in [5, 5.41) is 5.49. The van der Waals surface area contributed by atoms with Gasteiger partial charge in [0.2, 0.25) is 0 Å². The lowest BCUT2D eigenvalue weighted by Crippen LogP contribution is -2.18. The number of hydrogen-bond donors (Lipinski definition) is 1. The predicted molar refractivity (Wildman–Crippen MR) is 95.4 cm³/mol. The molecule has 0 saturated carbocycles. The first-order valence-corrected chi connectivity index (χ1v) is 8.10. The Hall–Kier alpha value is -1.23. The van der Waals surface area contributed by atoms with Gasteiger partial charge < -0.3 is 14.8 Å². The molecule has 3 nitrogen and oxygen atoms in total. The summed E-state index contributed by atoms with van der Waals surface area (Å²) in [4.78, 5) is 1.21. The van der Waals surface area contributed by atoms with Crippen molar-refractivity contribution in [3.8, 4) is 11.5 Å². The lowest BCUT2D eigenvalue weighted by molar-refractivity contribution is 0.287. The van der Waals surface area contributed by atoms with Crippen LogP contribution in [-0.4, -0.2) is 13.7 Å². The zero-order valence-electron chi connectivity index (χ0n) is 13.3. The van der Waals surface area contributed by atoms with Gasteiger partial charge in [0.25, 0.3) is 0 Å². The van der Waals surface area contributed by atoms with Gasteiger partial charge in [-0.15, -0.1) is 23.7 Å². The zero-order valence-corrected chi connectivity index (χ0v) is 14.9. The summed E-state index contributed by atoms with van der Waals surface area (Å²) in [5.41, 5.74) is 1.20. The van der Waals surface area contributed by atoms with Gasteiger partial charge in [0.15, 0.2) is 11.5 Å². The molecule has 1 heterocycles. The zero-order chi connectivity index (χ0) is 15.1. The van der Waals surface area contributed by atoms with Gasteiger partial charge >= 0.3 is 0 Å². The van der Waals surface area contributed by atoms with E-state index in [-0.39, 0.29) is 12.4 Å². The fourth-order valence-corrected chi connectivity index (χ4v) is 2.61. The summed E-state index contributed by atoms with van der Waals surface area (Å²) in [6.07, 6.45) is 0. The summed E-state index contributed by atoms with van der Waals surface area (Å²) in [6, 6.07) is 10.2. The van der Waals surface area contributed by atoms with E-state index in [1.807, 2.05) is 18.2 Å². The normalized spacial score (nSPS) is 10.4. The van der Waals surface area contributed by atoms with Crippen LogP contribution in [-0.2, 0) is 13.2 Å². The Morgan fingerprint density at radius 1 is 1.18 bits per heavy atom. The van der Waals surface area contributed by atoms with Crippen LogP contribution >= 0.6 is 23.7 Å². The van der Waals surface area contributed by atoms with Crippen molar-refractivity contribution in [2.24, 2.45) is 5.92 Å². The fraction of sp³-hybridized carbons (Fsp3) is 0.412. The van der Waals surface area contributed by atoms with E-state index in [2.05, 4.69) is 36.7 Å². The van der Waals surface area contributed by atoms with Crippen LogP contribution < -0.4 is 14.8 Å². The summed E-state index contributed by atoms with van der Waals surface area (Å²) >= 11 is 1.70. The number of thiophene rings is 1. The van der Waals surface area contributed by atoms with Gasteiger partial charge in [0.05, 0.1) is 7.11 Å². The summed E-state index contributed by atoms with van der Waals surface area (Å²) in [6.45, 7) is 6.85. The van der Waals surface area contributed by atoms with Crippen molar-refractivity contribution in [1.82, 2.24) is 5.32 Å². The standard InChI is InChI=1S/C17H23NO2S.ClH/c1-13(2)10-18-11-14-6-7-16(17(9-14)19-3)20-12-15-5-4-8-21-15;/h4-9,13,18H,10-12H2,1-3H3;1H. The predicted octanol–water partition coefficient (Wildman–Crippen LogP) is 4.50. The number of rotatable bonds is 8. The highest BCUT2D eigenvalue weighted by Crippen LogP contribution is 2.29. The molecule has 0 atom stereocenters. The van der Waals surface area contributed by atoms with Gasteiger partial charge in [-0.2, -0.15) is 0 Å². The van der Waals surface area contributed by atoms with Crippen molar-refractivity contribution in [2.45, 2.75) is 27.0 Å². The molecule has 0 bridgehead atoms. The Balaban J connectivity index is 0.00000242. The van der Waals surface area contributed by atoms with Crippen LogP contribution in [0.5, 0.6) is 11.5 Å². The van der Waals surface area contributed by atoms with E-state index in [4.69, 9.17) is 9.47 Å². The number of hydrogen-bond acceptors (Lipinski definition) is 4. The highest BCUT2D eigenvalue weighted by atomic mass is 35.5. The Labute approximate surface area is 143 Å². The molecule has 2 rings (SSSR count). The number of halogens is 1. The maximum Gasteiger partial charge on any atom is 0.161 e. The highest BCUT2D eigenvalue weighted by molar-refractivity contribution is 7.09. The quantitative estimate of drug-likeness (QED) is 0.766. The lowest BCUT2D eigenvalue weighted by Gasteiger charge is -2.13. The van der Waals surface area contributed by atoms with Gasteiger partial charge in [-0.05, 0) is 41.6 Å². The molecule has 0 saturated heterocycles. The number of nitrogens with one attached hydrogen (secondary N) is 1. The Morgan fingerprint density at radius 2 is 2.00 bits per heavy atom. The van der Waals surface area contributed by atoms with E-state index in [9.17, 15) is 0 Å². The minimum absolute atomic E-state index is 0. The molecular weight excluding hydrogens is 318 g/mol. The molecule has 0 unspecified atom stereocenters.